The smallest absolute Gasteiger partial charge is 0.275 e. The van der Waals surface area contributed by atoms with Crippen molar-refractivity contribution in [3.05, 3.63) is 52.2 Å². The van der Waals surface area contributed by atoms with E-state index in [1.54, 1.807) is 0 Å². The largest absolute Gasteiger partial charge is 0.353 e. The van der Waals surface area contributed by atoms with Crippen LogP contribution in [0.15, 0.2) is 35.3 Å². The van der Waals surface area contributed by atoms with E-state index >= 15 is 0 Å². The van der Waals surface area contributed by atoms with Gasteiger partial charge in [0.1, 0.15) is 5.82 Å². The molecule has 0 atom stereocenters. The molecule has 0 amide bonds. The van der Waals surface area contributed by atoms with Gasteiger partial charge in [-0.1, -0.05) is 17.4 Å². The lowest BCUT2D eigenvalue weighted by atomic mass is 10.2. The van der Waals surface area contributed by atoms with Crippen molar-refractivity contribution >= 4 is 32.5 Å². The minimum Gasteiger partial charge on any atom is -0.353 e. The second kappa shape index (κ2) is 5.17. The maximum absolute atomic E-state index is 11.7. The lowest BCUT2D eigenvalue weighted by molar-refractivity contribution is 0.827. The predicted molar refractivity (Wildman–Crippen MR) is 89.9 cm³/mol. The molecule has 0 aliphatic rings. The monoisotopic (exact) mass is 326 g/mol. The van der Waals surface area contributed by atoms with Crippen LogP contribution in [0.25, 0.3) is 16.0 Å². The summed E-state index contributed by atoms with van der Waals surface area (Å²) in [5.41, 5.74) is 3.07. The Morgan fingerprint density at radius 1 is 1.30 bits per heavy atom. The summed E-state index contributed by atoms with van der Waals surface area (Å²) >= 11 is 1.34. The molecule has 0 bridgehead atoms. The van der Waals surface area contributed by atoms with E-state index in [1.165, 1.54) is 33.7 Å². The summed E-state index contributed by atoms with van der Waals surface area (Å²) < 4.78 is 3.35. The number of hydrogen-bond acceptors (Lipinski definition) is 6. The van der Waals surface area contributed by atoms with Gasteiger partial charge in [0.25, 0.3) is 5.56 Å². The zero-order valence-corrected chi connectivity index (χ0v) is 13.5. The lowest BCUT2D eigenvalue weighted by Crippen LogP contribution is -2.13. The Kier molecular flexibility index (Phi) is 3.12. The van der Waals surface area contributed by atoms with Gasteiger partial charge in [-0.05, 0) is 24.6 Å². The SMILES string of the molecule is Cc1ccc2c(c1)nc(CNc1nn3c(=O)ccnc3s1)n2C. The van der Waals surface area contributed by atoms with Gasteiger partial charge in [-0.15, -0.1) is 5.10 Å². The molecule has 1 N–H and O–H groups in total. The molecule has 0 aliphatic carbocycles. The number of fused-ring (bicyclic) bond motifs is 2. The van der Waals surface area contributed by atoms with Crippen molar-refractivity contribution in [3.8, 4) is 0 Å². The molecular weight excluding hydrogens is 312 g/mol. The van der Waals surface area contributed by atoms with Gasteiger partial charge in [0.2, 0.25) is 10.1 Å². The number of anilines is 1. The molecule has 8 heteroatoms. The summed E-state index contributed by atoms with van der Waals surface area (Å²) in [4.78, 5) is 21.1. The molecule has 1 aromatic carbocycles. The van der Waals surface area contributed by atoms with Crippen LogP contribution in [0, 0.1) is 6.92 Å². The van der Waals surface area contributed by atoms with Gasteiger partial charge >= 0.3 is 0 Å². The summed E-state index contributed by atoms with van der Waals surface area (Å²) in [5.74, 6) is 0.908. The van der Waals surface area contributed by atoms with Crippen LogP contribution >= 0.6 is 11.3 Å². The van der Waals surface area contributed by atoms with Gasteiger partial charge in [0.15, 0.2) is 0 Å². The van der Waals surface area contributed by atoms with Gasteiger partial charge in [-0.2, -0.15) is 4.52 Å². The number of aryl methyl sites for hydroxylation is 2. The summed E-state index contributed by atoms with van der Waals surface area (Å²) in [6.07, 6.45) is 1.49. The molecule has 7 nitrogen and oxygen atoms in total. The van der Waals surface area contributed by atoms with E-state index in [0.29, 0.717) is 16.6 Å². The topological polar surface area (TPSA) is 77.1 Å². The fraction of sp³-hybridized carbons (Fsp3) is 0.200. The molecule has 0 fully saturated rings. The second-order valence-electron chi connectivity index (χ2n) is 5.32. The number of nitrogens with one attached hydrogen (secondary N) is 1. The van der Waals surface area contributed by atoms with E-state index in [4.69, 9.17) is 0 Å². The highest BCUT2D eigenvalue weighted by molar-refractivity contribution is 7.20. The molecule has 23 heavy (non-hydrogen) atoms. The first-order valence-corrected chi connectivity index (χ1v) is 7.94. The molecule has 4 rings (SSSR count). The van der Waals surface area contributed by atoms with Gasteiger partial charge in [-0.25, -0.2) is 9.97 Å². The quantitative estimate of drug-likeness (QED) is 0.623. The van der Waals surface area contributed by atoms with Gasteiger partial charge in [-0.3, -0.25) is 4.79 Å². The number of rotatable bonds is 3. The zero-order valence-electron chi connectivity index (χ0n) is 12.6. The first kappa shape index (κ1) is 13.9. The van der Waals surface area contributed by atoms with E-state index in [-0.39, 0.29) is 5.56 Å². The van der Waals surface area contributed by atoms with Crippen molar-refractivity contribution in [2.24, 2.45) is 7.05 Å². The molecule has 0 saturated heterocycles. The van der Waals surface area contributed by atoms with Crippen LogP contribution in [0.1, 0.15) is 11.4 Å². The van der Waals surface area contributed by atoms with E-state index in [0.717, 1.165) is 16.9 Å². The standard InChI is InChI=1S/C15H14N6OS/c1-9-3-4-11-10(7-9)18-12(20(11)2)8-17-14-19-21-13(22)5-6-16-15(21)23-14/h3-7H,8H2,1-2H3,(H,17,19). The molecule has 0 saturated carbocycles. The zero-order chi connectivity index (χ0) is 16.0. The predicted octanol–water partition coefficient (Wildman–Crippen LogP) is 1.96. The van der Waals surface area contributed by atoms with Crippen LogP contribution in [0.2, 0.25) is 0 Å². The third-order valence-corrected chi connectivity index (χ3v) is 4.58. The maximum atomic E-state index is 11.7. The number of benzene rings is 1. The van der Waals surface area contributed by atoms with E-state index < -0.39 is 0 Å². The first-order valence-electron chi connectivity index (χ1n) is 7.12. The average Bonchev–Trinajstić information content (AvgIpc) is 3.07. The third kappa shape index (κ3) is 2.36. The van der Waals surface area contributed by atoms with Crippen molar-refractivity contribution in [1.29, 1.82) is 0 Å². The maximum Gasteiger partial charge on any atom is 0.275 e. The molecular formula is C15H14N6OS. The fourth-order valence-electron chi connectivity index (χ4n) is 2.49. The summed E-state index contributed by atoms with van der Waals surface area (Å²) in [6, 6.07) is 7.61. The minimum atomic E-state index is -0.183. The van der Waals surface area contributed by atoms with Crippen LogP contribution in [0.4, 0.5) is 5.13 Å². The Bertz CT molecular complexity index is 1080. The first-order chi connectivity index (χ1) is 11.1. The highest BCUT2D eigenvalue weighted by atomic mass is 32.1. The van der Waals surface area contributed by atoms with Crippen LogP contribution in [0.3, 0.4) is 0 Å². The molecule has 4 aromatic rings. The Labute approximate surface area is 135 Å². The summed E-state index contributed by atoms with van der Waals surface area (Å²) in [7, 11) is 1.99. The minimum absolute atomic E-state index is 0.183. The summed E-state index contributed by atoms with van der Waals surface area (Å²) in [5, 5.41) is 8.10. The van der Waals surface area contributed by atoms with Crippen LogP contribution in [0.5, 0.6) is 0 Å². The van der Waals surface area contributed by atoms with Crippen molar-refractivity contribution in [1.82, 2.24) is 24.1 Å². The van der Waals surface area contributed by atoms with Crippen LogP contribution in [-0.4, -0.2) is 24.1 Å². The molecule has 0 aliphatic heterocycles. The van der Waals surface area contributed by atoms with E-state index in [9.17, 15) is 4.79 Å². The fourth-order valence-corrected chi connectivity index (χ4v) is 3.26. The number of nitrogens with zero attached hydrogens (tertiary/aromatic N) is 5. The van der Waals surface area contributed by atoms with Crippen molar-refractivity contribution in [2.45, 2.75) is 13.5 Å². The number of aromatic nitrogens is 5. The molecule has 3 aromatic heterocycles. The van der Waals surface area contributed by atoms with E-state index in [2.05, 4.69) is 50.1 Å². The average molecular weight is 326 g/mol. The van der Waals surface area contributed by atoms with Crippen molar-refractivity contribution in [2.75, 3.05) is 5.32 Å². The second-order valence-corrected chi connectivity index (χ2v) is 6.27. The molecule has 116 valence electrons. The van der Waals surface area contributed by atoms with Crippen LogP contribution in [-0.2, 0) is 13.6 Å². The molecule has 0 spiro atoms. The normalized spacial score (nSPS) is 11.4. The highest BCUT2D eigenvalue weighted by Crippen LogP contribution is 2.19. The highest BCUT2D eigenvalue weighted by Gasteiger charge is 2.10. The van der Waals surface area contributed by atoms with Crippen molar-refractivity contribution < 1.29 is 0 Å². The van der Waals surface area contributed by atoms with E-state index in [1.807, 2.05) is 7.05 Å². The number of imidazole rings is 1. The van der Waals surface area contributed by atoms with Gasteiger partial charge in [0.05, 0.1) is 17.6 Å². The molecule has 0 unspecified atom stereocenters. The van der Waals surface area contributed by atoms with Crippen LogP contribution < -0.4 is 10.9 Å². The van der Waals surface area contributed by atoms with Crippen molar-refractivity contribution in [3.63, 3.8) is 0 Å². The van der Waals surface area contributed by atoms with Gasteiger partial charge < -0.3 is 9.88 Å². The Hall–Kier alpha value is -2.74. The Morgan fingerprint density at radius 2 is 2.17 bits per heavy atom. The Balaban J connectivity index is 1.64. The molecule has 0 radical (unpaired) electrons. The Morgan fingerprint density at radius 3 is 3.00 bits per heavy atom. The van der Waals surface area contributed by atoms with Gasteiger partial charge in [0, 0.05) is 19.3 Å². The lowest BCUT2D eigenvalue weighted by Gasteiger charge is -2.02. The summed E-state index contributed by atoms with van der Waals surface area (Å²) in [6.45, 7) is 2.58. The third-order valence-electron chi connectivity index (χ3n) is 3.70. The molecule has 3 heterocycles. The number of hydrogen-bond donors (Lipinski definition) is 1.